The van der Waals surface area contributed by atoms with Gasteiger partial charge in [-0.2, -0.15) is 0 Å². The molecule has 1 aliphatic heterocycles. The zero-order valence-corrected chi connectivity index (χ0v) is 9.94. The third-order valence-electron chi connectivity index (χ3n) is 2.74. The van der Waals surface area contributed by atoms with E-state index in [9.17, 15) is 8.42 Å². The van der Waals surface area contributed by atoms with Crippen LogP contribution in [0.1, 0.15) is 39.5 Å². The first kappa shape index (κ1) is 12.0. The van der Waals surface area contributed by atoms with Crippen LogP contribution in [0.4, 0.5) is 0 Å². The summed E-state index contributed by atoms with van der Waals surface area (Å²) in [7, 11) is -2.72. The second-order valence-corrected chi connectivity index (χ2v) is 6.54. The zero-order chi connectivity index (χ0) is 10.6. The average molecular weight is 219 g/mol. The van der Waals surface area contributed by atoms with Gasteiger partial charge in [0.1, 0.15) is 0 Å². The maximum atomic E-state index is 11.2. The van der Waals surface area contributed by atoms with E-state index in [1.165, 1.54) is 12.8 Å². The topological polar surface area (TPSA) is 46.2 Å². The second kappa shape index (κ2) is 5.12. The van der Waals surface area contributed by atoms with Crippen LogP contribution in [0.25, 0.3) is 0 Å². The van der Waals surface area contributed by atoms with Crippen LogP contribution < -0.4 is 5.32 Å². The Morgan fingerprint density at radius 3 is 2.71 bits per heavy atom. The van der Waals surface area contributed by atoms with Gasteiger partial charge >= 0.3 is 0 Å². The van der Waals surface area contributed by atoms with Gasteiger partial charge in [-0.05, 0) is 19.8 Å². The number of rotatable bonds is 5. The standard InChI is InChI=1S/C10H21NO2S/c1-3-4-5-9(2)11-10-6-7-14(12,13)8-10/h9-11H,3-8H2,1-2H3. The SMILES string of the molecule is CCCCC(C)NC1CCS(=O)(=O)C1. The lowest BCUT2D eigenvalue weighted by Crippen LogP contribution is -2.37. The number of hydrogen-bond acceptors (Lipinski definition) is 3. The quantitative estimate of drug-likeness (QED) is 0.759. The Morgan fingerprint density at radius 2 is 2.21 bits per heavy atom. The normalized spacial score (nSPS) is 27.7. The van der Waals surface area contributed by atoms with E-state index in [2.05, 4.69) is 19.2 Å². The summed E-state index contributed by atoms with van der Waals surface area (Å²) in [5.41, 5.74) is 0. The van der Waals surface area contributed by atoms with E-state index in [4.69, 9.17) is 0 Å². The molecule has 2 atom stereocenters. The molecule has 0 aromatic rings. The Bertz CT molecular complexity index is 261. The summed E-state index contributed by atoms with van der Waals surface area (Å²) >= 11 is 0. The van der Waals surface area contributed by atoms with Gasteiger partial charge in [-0.3, -0.25) is 0 Å². The Hall–Kier alpha value is -0.0900. The first-order valence-electron chi connectivity index (χ1n) is 5.50. The molecule has 0 aromatic heterocycles. The molecule has 0 amide bonds. The van der Waals surface area contributed by atoms with Crippen molar-refractivity contribution in [2.24, 2.45) is 0 Å². The van der Waals surface area contributed by atoms with Gasteiger partial charge in [0.05, 0.1) is 11.5 Å². The van der Waals surface area contributed by atoms with Crippen LogP contribution in [0.15, 0.2) is 0 Å². The van der Waals surface area contributed by atoms with Crippen molar-refractivity contribution in [3.63, 3.8) is 0 Å². The second-order valence-electron chi connectivity index (χ2n) is 4.31. The van der Waals surface area contributed by atoms with Crippen molar-refractivity contribution in [2.75, 3.05) is 11.5 Å². The summed E-state index contributed by atoms with van der Waals surface area (Å²) in [5, 5.41) is 3.39. The van der Waals surface area contributed by atoms with Crippen LogP contribution in [0.5, 0.6) is 0 Å². The molecule has 1 fully saturated rings. The van der Waals surface area contributed by atoms with Gasteiger partial charge in [-0.1, -0.05) is 19.8 Å². The zero-order valence-electron chi connectivity index (χ0n) is 9.12. The largest absolute Gasteiger partial charge is 0.310 e. The van der Waals surface area contributed by atoms with Crippen molar-refractivity contribution in [3.8, 4) is 0 Å². The molecule has 0 saturated carbocycles. The van der Waals surface area contributed by atoms with Gasteiger partial charge in [0.2, 0.25) is 0 Å². The molecular weight excluding hydrogens is 198 g/mol. The lowest BCUT2D eigenvalue weighted by atomic mass is 10.1. The van der Waals surface area contributed by atoms with E-state index in [0.717, 1.165) is 12.8 Å². The third-order valence-corrected chi connectivity index (χ3v) is 4.51. The maximum Gasteiger partial charge on any atom is 0.151 e. The fourth-order valence-electron chi connectivity index (χ4n) is 1.92. The fraction of sp³-hybridized carbons (Fsp3) is 1.00. The van der Waals surface area contributed by atoms with E-state index in [0.29, 0.717) is 17.5 Å². The molecule has 0 aromatic carbocycles. The van der Waals surface area contributed by atoms with Crippen molar-refractivity contribution in [1.29, 1.82) is 0 Å². The summed E-state index contributed by atoms with van der Waals surface area (Å²) < 4.78 is 22.4. The molecule has 1 aliphatic rings. The predicted molar refractivity (Wildman–Crippen MR) is 59.2 cm³/mol. The first-order chi connectivity index (χ1) is 6.53. The summed E-state index contributed by atoms with van der Waals surface area (Å²) in [5.74, 6) is 0.703. The number of nitrogens with one attached hydrogen (secondary N) is 1. The summed E-state index contributed by atoms with van der Waals surface area (Å²) in [4.78, 5) is 0. The van der Waals surface area contributed by atoms with Crippen LogP contribution in [-0.4, -0.2) is 32.0 Å². The molecule has 1 N–H and O–H groups in total. The van der Waals surface area contributed by atoms with Crippen LogP contribution in [0.3, 0.4) is 0 Å². The lowest BCUT2D eigenvalue weighted by molar-refractivity contribution is 0.439. The van der Waals surface area contributed by atoms with E-state index in [1.54, 1.807) is 0 Å². The van der Waals surface area contributed by atoms with E-state index in [-0.39, 0.29) is 6.04 Å². The van der Waals surface area contributed by atoms with Crippen molar-refractivity contribution in [2.45, 2.75) is 51.6 Å². The van der Waals surface area contributed by atoms with Gasteiger partial charge in [0, 0.05) is 12.1 Å². The molecule has 4 heteroatoms. The van der Waals surface area contributed by atoms with Crippen molar-refractivity contribution < 1.29 is 8.42 Å². The minimum absolute atomic E-state index is 0.201. The van der Waals surface area contributed by atoms with E-state index < -0.39 is 9.84 Å². The van der Waals surface area contributed by atoms with Crippen LogP contribution in [0, 0.1) is 0 Å². The van der Waals surface area contributed by atoms with Gasteiger partial charge in [-0.15, -0.1) is 0 Å². The molecule has 0 radical (unpaired) electrons. The summed E-state index contributed by atoms with van der Waals surface area (Å²) in [6, 6.07) is 0.653. The van der Waals surface area contributed by atoms with E-state index >= 15 is 0 Å². The van der Waals surface area contributed by atoms with Crippen molar-refractivity contribution >= 4 is 9.84 Å². The van der Waals surface area contributed by atoms with Gasteiger partial charge in [0.25, 0.3) is 0 Å². The minimum Gasteiger partial charge on any atom is -0.310 e. The molecule has 1 rings (SSSR count). The molecule has 2 unspecified atom stereocenters. The van der Waals surface area contributed by atoms with Crippen LogP contribution in [-0.2, 0) is 9.84 Å². The fourth-order valence-corrected chi connectivity index (χ4v) is 3.61. The van der Waals surface area contributed by atoms with Crippen molar-refractivity contribution in [1.82, 2.24) is 5.32 Å². The Balaban J connectivity index is 2.25. The smallest absolute Gasteiger partial charge is 0.151 e. The molecule has 0 aliphatic carbocycles. The highest BCUT2D eigenvalue weighted by atomic mass is 32.2. The van der Waals surface area contributed by atoms with Crippen LogP contribution in [0.2, 0.25) is 0 Å². The monoisotopic (exact) mass is 219 g/mol. The van der Waals surface area contributed by atoms with Gasteiger partial charge < -0.3 is 5.32 Å². The van der Waals surface area contributed by atoms with Gasteiger partial charge in [0.15, 0.2) is 9.84 Å². The molecule has 3 nitrogen and oxygen atoms in total. The molecular formula is C10H21NO2S. The highest BCUT2D eigenvalue weighted by Gasteiger charge is 2.28. The minimum atomic E-state index is -2.72. The number of hydrogen-bond donors (Lipinski definition) is 1. The third kappa shape index (κ3) is 3.96. The first-order valence-corrected chi connectivity index (χ1v) is 7.32. The number of sulfone groups is 1. The van der Waals surface area contributed by atoms with E-state index in [1.807, 2.05) is 0 Å². The maximum absolute atomic E-state index is 11.2. The van der Waals surface area contributed by atoms with Crippen molar-refractivity contribution in [3.05, 3.63) is 0 Å². The molecule has 1 heterocycles. The summed E-state index contributed by atoms with van der Waals surface area (Å²) in [6.45, 7) is 4.31. The molecule has 0 bridgehead atoms. The van der Waals surface area contributed by atoms with Crippen LogP contribution >= 0.6 is 0 Å². The lowest BCUT2D eigenvalue weighted by Gasteiger charge is -2.17. The molecule has 84 valence electrons. The Morgan fingerprint density at radius 1 is 1.50 bits per heavy atom. The Kier molecular flexibility index (Phi) is 4.38. The molecule has 0 spiro atoms. The Labute approximate surface area is 87.2 Å². The van der Waals surface area contributed by atoms with Gasteiger partial charge in [-0.25, -0.2) is 8.42 Å². The highest BCUT2D eigenvalue weighted by molar-refractivity contribution is 7.91. The predicted octanol–water partition coefficient (Wildman–Crippen LogP) is 1.34. The summed E-state index contributed by atoms with van der Waals surface area (Å²) in [6.07, 6.45) is 4.36. The molecule has 1 saturated heterocycles. The average Bonchev–Trinajstić information content (AvgIpc) is 2.42. The highest BCUT2D eigenvalue weighted by Crippen LogP contribution is 2.13. The molecule has 14 heavy (non-hydrogen) atoms. The number of unbranched alkanes of at least 4 members (excludes halogenated alkanes) is 1.